The van der Waals surface area contributed by atoms with Gasteiger partial charge in [-0.2, -0.15) is 5.26 Å². The minimum Gasteiger partial charge on any atom is -0.486 e. The highest BCUT2D eigenvalue weighted by Gasteiger charge is 2.11. The molecule has 106 valence electrons. The first kappa shape index (κ1) is 13.5. The van der Waals surface area contributed by atoms with Crippen molar-refractivity contribution in [2.24, 2.45) is 0 Å². The fourth-order valence-electron chi connectivity index (χ4n) is 2.32. The maximum Gasteiger partial charge on any atom is 0.161 e. The number of ether oxygens (including phenoxy) is 2. The van der Waals surface area contributed by atoms with Crippen molar-refractivity contribution >= 4 is 0 Å². The summed E-state index contributed by atoms with van der Waals surface area (Å²) in [7, 11) is 0. The molecule has 0 amide bonds. The molecule has 4 nitrogen and oxygen atoms in total. The van der Waals surface area contributed by atoms with E-state index in [9.17, 15) is 0 Å². The predicted octanol–water partition coefficient (Wildman–Crippen LogP) is 2.62. The van der Waals surface area contributed by atoms with Gasteiger partial charge in [-0.3, -0.25) is 0 Å². The monoisotopic (exact) mass is 280 g/mol. The number of nitrogens with zero attached hydrogens (tertiary/aromatic N) is 1. The predicted molar refractivity (Wildman–Crippen MR) is 79.1 cm³/mol. The van der Waals surface area contributed by atoms with E-state index in [0.29, 0.717) is 25.3 Å². The molecule has 0 saturated heterocycles. The van der Waals surface area contributed by atoms with E-state index >= 15 is 0 Å². The summed E-state index contributed by atoms with van der Waals surface area (Å²) >= 11 is 0. The van der Waals surface area contributed by atoms with Crippen LogP contribution < -0.4 is 14.8 Å². The Morgan fingerprint density at radius 2 is 1.81 bits per heavy atom. The Morgan fingerprint density at radius 3 is 2.67 bits per heavy atom. The average Bonchev–Trinajstić information content (AvgIpc) is 2.55. The lowest BCUT2D eigenvalue weighted by atomic mass is 10.1. The van der Waals surface area contributed by atoms with Crippen molar-refractivity contribution in [3.63, 3.8) is 0 Å². The molecule has 0 aliphatic carbocycles. The van der Waals surface area contributed by atoms with Gasteiger partial charge in [-0.15, -0.1) is 0 Å². The molecule has 0 atom stereocenters. The molecule has 0 saturated carbocycles. The third-order valence-electron chi connectivity index (χ3n) is 3.39. The van der Waals surface area contributed by atoms with E-state index < -0.39 is 0 Å². The van der Waals surface area contributed by atoms with Crippen LogP contribution in [-0.4, -0.2) is 13.2 Å². The molecule has 0 fully saturated rings. The number of hydrogen-bond donors (Lipinski definition) is 1. The normalized spacial score (nSPS) is 12.7. The van der Waals surface area contributed by atoms with Crippen LogP contribution >= 0.6 is 0 Å². The minimum atomic E-state index is 0.597. The van der Waals surface area contributed by atoms with Gasteiger partial charge in [0.15, 0.2) is 11.5 Å². The Morgan fingerprint density at radius 1 is 1.00 bits per heavy atom. The van der Waals surface area contributed by atoms with E-state index in [1.54, 1.807) is 0 Å². The minimum absolute atomic E-state index is 0.597. The van der Waals surface area contributed by atoms with Crippen LogP contribution in [0.25, 0.3) is 0 Å². The second kappa shape index (κ2) is 6.29. The summed E-state index contributed by atoms with van der Waals surface area (Å²) < 4.78 is 11.1. The second-order valence-electron chi connectivity index (χ2n) is 4.85. The summed E-state index contributed by atoms with van der Waals surface area (Å²) in [5.74, 6) is 1.61. The molecule has 1 aliphatic heterocycles. The van der Waals surface area contributed by atoms with Gasteiger partial charge < -0.3 is 14.8 Å². The number of fused-ring (bicyclic) bond motifs is 1. The van der Waals surface area contributed by atoms with E-state index in [1.165, 1.54) is 0 Å². The van der Waals surface area contributed by atoms with E-state index in [4.69, 9.17) is 14.7 Å². The quantitative estimate of drug-likeness (QED) is 0.935. The lowest BCUT2D eigenvalue weighted by Gasteiger charge is -2.19. The van der Waals surface area contributed by atoms with E-state index in [-0.39, 0.29) is 0 Å². The molecule has 0 radical (unpaired) electrons. The van der Waals surface area contributed by atoms with Crippen molar-refractivity contribution in [2.75, 3.05) is 13.2 Å². The van der Waals surface area contributed by atoms with E-state index in [1.807, 2.05) is 42.5 Å². The van der Waals surface area contributed by atoms with Crippen molar-refractivity contribution in [2.45, 2.75) is 13.1 Å². The SMILES string of the molecule is N#Cc1ccccc1CNCc1ccc2c(c1)OCCO2. The molecule has 0 unspecified atom stereocenters. The fourth-order valence-corrected chi connectivity index (χ4v) is 2.32. The molecule has 4 heteroatoms. The topological polar surface area (TPSA) is 54.3 Å². The van der Waals surface area contributed by atoms with Crippen LogP contribution in [0.3, 0.4) is 0 Å². The molecule has 2 aromatic rings. The third kappa shape index (κ3) is 3.15. The molecule has 2 aromatic carbocycles. The van der Waals surface area contributed by atoms with Gasteiger partial charge in [0.05, 0.1) is 11.6 Å². The number of benzene rings is 2. The van der Waals surface area contributed by atoms with Crippen molar-refractivity contribution < 1.29 is 9.47 Å². The van der Waals surface area contributed by atoms with Gasteiger partial charge in [-0.05, 0) is 29.3 Å². The summed E-state index contributed by atoms with van der Waals surface area (Å²) in [5.41, 5.74) is 2.86. The third-order valence-corrected chi connectivity index (χ3v) is 3.39. The number of hydrogen-bond acceptors (Lipinski definition) is 4. The maximum absolute atomic E-state index is 9.06. The molecule has 21 heavy (non-hydrogen) atoms. The van der Waals surface area contributed by atoms with Gasteiger partial charge in [-0.25, -0.2) is 0 Å². The van der Waals surface area contributed by atoms with Crippen molar-refractivity contribution in [3.05, 3.63) is 59.2 Å². The maximum atomic E-state index is 9.06. The summed E-state index contributed by atoms with van der Waals surface area (Å²) in [5, 5.41) is 12.4. The first-order valence-electron chi connectivity index (χ1n) is 6.94. The van der Waals surface area contributed by atoms with E-state index in [2.05, 4.69) is 11.4 Å². The Balaban J connectivity index is 1.62. The van der Waals surface area contributed by atoms with Gasteiger partial charge in [0.25, 0.3) is 0 Å². The van der Waals surface area contributed by atoms with Crippen LogP contribution in [0, 0.1) is 11.3 Å². The Bertz CT molecular complexity index is 677. The highest BCUT2D eigenvalue weighted by atomic mass is 16.6. The molecule has 1 aliphatic rings. The van der Waals surface area contributed by atoms with Crippen molar-refractivity contribution in [1.82, 2.24) is 5.32 Å². The molecular formula is C17H16N2O2. The Kier molecular flexibility index (Phi) is 4.04. The highest BCUT2D eigenvalue weighted by Crippen LogP contribution is 2.30. The van der Waals surface area contributed by atoms with Crippen LogP contribution in [0.2, 0.25) is 0 Å². The first-order valence-corrected chi connectivity index (χ1v) is 6.94. The second-order valence-corrected chi connectivity index (χ2v) is 4.85. The van der Waals surface area contributed by atoms with Gasteiger partial charge >= 0.3 is 0 Å². The highest BCUT2D eigenvalue weighted by molar-refractivity contribution is 5.44. The fraction of sp³-hybridized carbons (Fsp3) is 0.235. The molecule has 1 N–H and O–H groups in total. The lowest BCUT2D eigenvalue weighted by molar-refractivity contribution is 0.171. The summed E-state index contributed by atoms with van der Waals surface area (Å²) in [4.78, 5) is 0. The zero-order valence-electron chi connectivity index (χ0n) is 11.6. The lowest BCUT2D eigenvalue weighted by Crippen LogP contribution is -2.17. The molecule has 0 bridgehead atoms. The van der Waals surface area contributed by atoms with Crippen molar-refractivity contribution in [3.8, 4) is 17.6 Å². The molecule has 3 rings (SSSR count). The molecule has 0 aromatic heterocycles. The summed E-state index contributed by atoms with van der Waals surface area (Å²) in [6, 6.07) is 15.8. The van der Waals surface area contributed by atoms with Crippen LogP contribution in [0.15, 0.2) is 42.5 Å². The van der Waals surface area contributed by atoms with Crippen LogP contribution in [-0.2, 0) is 13.1 Å². The standard InChI is InChI=1S/C17H16N2O2/c18-10-14-3-1-2-4-15(14)12-19-11-13-5-6-16-17(9-13)21-8-7-20-16/h1-6,9,19H,7-8,11-12H2. The summed E-state index contributed by atoms with van der Waals surface area (Å²) in [6.07, 6.45) is 0. The Hall–Kier alpha value is -2.51. The first-order chi connectivity index (χ1) is 10.4. The van der Waals surface area contributed by atoms with Gasteiger partial charge in [0.2, 0.25) is 0 Å². The number of nitrogens with one attached hydrogen (secondary N) is 1. The van der Waals surface area contributed by atoms with Crippen LogP contribution in [0.4, 0.5) is 0 Å². The zero-order chi connectivity index (χ0) is 14.5. The largest absolute Gasteiger partial charge is 0.486 e. The molecule has 1 heterocycles. The zero-order valence-corrected chi connectivity index (χ0v) is 11.6. The number of nitriles is 1. The van der Waals surface area contributed by atoms with E-state index in [0.717, 1.165) is 29.2 Å². The summed E-state index contributed by atoms with van der Waals surface area (Å²) in [6.45, 7) is 2.59. The average molecular weight is 280 g/mol. The van der Waals surface area contributed by atoms with Crippen LogP contribution in [0.1, 0.15) is 16.7 Å². The molecule has 0 spiro atoms. The van der Waals surface area contributed by atoms with Gasteiger partial charge in [0.1, 0.15) is 13.2 Å². The molecular weight excluding hydrogens is 264 g/mol. The van der Waals surface area contributed by atoms with Gasteiger partial charge in [-0.1, -0.05) is 24.3 Å². The van der Waals surface area contributed by atoms with Crippen LogP contribution in [0.5, 0.6) is 11.5 Å². The smallest absolute Gasteiger partial charge is 0.161 e. The Labute approximate surface area is 123 Å². The van der Waals surface area contributed by atoms with Crippen molar-refractivity contribution in [1.29, 1.82) is 5.26 Å². The van der Waals surface area contributed by atoms with Gasteiger partial charge in [0, 0.05) is 13.1 Å². The number of rotatable bonds is 4.